The van der Waals surface area contributed by atoms with Crippen molar-refractivity contribution in [1.82, 2.24) is 4.90 Å². The highest BCUT2D eigenvalue weighted by Gasteiger charge is 2.29. The third-order valence-corrected chi connectivity index (χ3v) is 5.21. The van der Waals surface area contributed by atoms with Crippen molar-refractivity contribution < 1.29 is 9.90 Å². The molecule has 3 N–H and O–H groups in total. The van der Waals surface area contributed by atoms with Crippen LogP contribution in [0, 0.1) is 11.8 Å². The second-order valence-electron chi connectivity index (χ2n) is 6.72. The lowest BCUT2D eigenvalue weighted by Crippen LogP contribution is -2.48. The van der Waals surface area contributed by atoms with E-state index in [1.807, 2.05) is 12.2 Å². The van der Waals surface area contributed by atoms with Crippen LogP contribution in [0.1, 0.15) is 38.5 Å². The Labute approximate surface area is 143 Å². The molecule has 0 aromatic heterocycles. The summed E-state index contributed by atoms with van der Waals surface area (Å²) in [4.78, 5) is 13.9. The van der Waals surface area contributed by atoms with Crippen LogP contribution in [0.3, 0.4) is 0 Å². The summed E-state index contributed by atoms with van der Waals surface area (Å²) in [5.41, 5.74) is 9.01. The summed E-state index contributed by atoms with van der Waals surface area (Å²) >= 11 is 6.10. The topological polar surface area (TPSA) is 66.6 Å². The maximum atomic E-state index is 12.4. The van der Waals surface area contributed by atoms with Crippen molar-refractivity contribution in [2.45, 2.75) is 50.7 Å². The maximum absolute atomic E-state index is 12.4. The number of nitrogens with zero attached hydrogens (tertiary/aromatic N) is 1. The van der Waals surface area contributed by atoms with E-state index in [0.717, 1.165) is 12.8 Å². The maximum Gasteiger partial charge on any atom is 0.252 e. The van der Waals surface area contributed by atoms with Gasteiger partial charge < -0.3 is 15.7 Å². The number of amides is 1. The SMILES string of the molecule is CN(CC1C=CC=C=C1Cl)C(=O)C(O)[C@H](N)CC1CCCCC1. The van der Waals surface area contributed by atoms with Gasteiger partial charge in [-0.05, 0) is 18.4 Å². The van der Waals surface area contributed by atoms with Crippen molar-refractivity contribution >= 4 is 17.5 Å². The predicted octanol–water partition coefficient (Wildman–Crippen LogP) is 2.57. The van der Waals surface area contributed by atoms with E-state index in [2.05, 4.69) is 5.73 Å². The van der Waals surface area contributed by atoms with Gasteiger partial charge in [0, 0.05) is 25.6 Å². The van der Waals surface area contributed by atoms with Crippen LogP contribution in [0.25, 0.3) is 0 Å². The summed E-state index contributed by atoms with van der Waals surface area (Å²) in [5, 5.41) is 10.9. The smallest absolute Gasteiger partial charge is 0.252 e. The molecule has 0 aromatic rings. The van der Waals surface area contributed by atoms with Gasteiger partial charge in [0.1, 0.15) is 6.10 Å². The molecule has 1 amide bonds. The second kappa shape index (κ2) is 8.70. The van der Waals surface area contributed by atoms with E-state index in [1.165, 1.54) is 24.2 Å². The standard InChI is InChI=1S/C18H27ClN2O2/c1-21(12-14-9-5-6-10-15(14)19)18(23)17(22)16(20)11-13-7-3-2-4-8-13/h5-6,9,13-14,16-17,22H,2-4,7-8,11-12,20H2,1H3/t14?,16-,17?/m1/s1. The van der Waals surface area contributed by atoms with Crippen LogP contribution in [0.5, 0.6) is 0 Å². The Bertz CT molecular complexity index is 505. The first kappa shape index (κ1) is 18.3. The Hall–Kier alpha value is -1.06. The van der Waals surface area contributed by atoms with Crippen LogP contribution in [0.15, 0.2) is 29.0 Å². The molecule has 0 saturated heterocycles. The fourth-order valence-electron chi connectivity index (χ4n) is 3.38. The molecule has 2 aliphatic rings. The minimum Gasteiger partial charge on any atom is -0.382 e. The molecule has 1 fully saturated rings. The van der Waals surface area contributed by atoms with Gasteiger partial charge in [-0.25, -0.2) is 0 Å². The Kier molecular flexibility index (Phi) is 6.91. The van der Waals surface area contributed by atoms with E-state index in [-0.39, 0.29) is 11.8 Å². The molecule has 0 aromatic carbocycles. The van der Waals surface area contributed by atoms with Crippen molar-refractivity contribution in [1.29, 1.82) is 0 Å². The third-order valence-electron chi connectivity index (χ3n) is 4.82. The minimum atomic E-state index is -1.15. The number of allylic oxidation sites excluding steroid dienone is 1. The Morgan fingerprint density at radius 3 is 2.83 bits per heavy atom. The number of rotatable bonds is 6. The van der Waals surface area contributed by atoms with Gasteiger partial charge >= 0.3 is 0 Å². The van der Waals surface area contributed by atoms with Gasteiger partial charge in [-0.2, -0.15) is 0 Å². The number of nitrogens with two attached hydrogens (primary N) is 1. The zero-order chi connectivity index (χ0) is 16.8. The number of hydrogen-bond acceptors (Lipinski definition) is 3. The number of hydrogen-bond donors (Lipinski definition) is 2. The Balaban J connectivity index is 1.85. The van der Waals surface area contributed by atoms with Crippen molar-refractivity contribution in [3.8, 4) is 0 Å². The Morgan fingerprint density at radius 1 is 1.48 bits per heavy atom. The first-order valence-corrected chi connectivity index (χ1v) is 8.84. The first-order chi connectivity index (χ1) is 11.0. The number of aliphatic hydroxyl groups excluding tert-OH is 1. The molecule has 0 heterocycles. The molecule has 0 spiro atoms. The molecule has 0 aliphatic heterocycles. The molecule has 2 rings (SSSR count). The summed E-state index contributed by atoms with van der Waals surface area (Å²) in [6, 6.07) is -0.499. The molecule has 2 unspecified atom stereocenters. The lowest BCUT2D eigenvalue weighted by molar-refractivity contribution is -0.140. The van der Waals surface area contributed by atoms with Crippen molar-refractivity contribution in [2.75, 3.05) is 13.6 Å². The van der Waals surface area contributed by atoms with E-state index >= 15 is 0 Å². The van der Waals surface area contributed by atoms with Gasteiger partial charge in [-0.3, -0.25) is 4.79 Å². The van der Waals surface area contributed by atoms with E-state index in [1.54, 1.807) is 13.1 Å². The first-order valence-electron chi connectivity index (χ1n) is 8.46. The monoisotopic (exact) mass is 338 g/mol. The van der Waals surface area contributed by atoms with E-state index in [0.29, 0.717) is 23.9 Å². The largest absolute Gasteiger partial charge is 0.382 e. The molecular formula is C18H27ClN2O2. The molecule has 3 atom stereocenters. The number of carbonyl (C=O) groups is 1. The number of likely N-dealkylation sites (N-methyl/N-ethyl adjacent to an activating group) is 1. The summed E-state index contributed by atoms with van der Waals surface area (Å²) in [5.74, 6) is 0.133. The van der Waals surface area contributed by atoms with Crippen LogP contribution in [0.2, 0.25) is 0 Å². The summed E-state index contributed by atoms with van der Waals surface area (Å²) in [6.07, 6.45) is 11.2. The van der Waals surface area contributed by atoms with Crippen molar-refractivity contribution in [3.05, 3.63) is 29.0 Å². The van der Waals surface area contributed by atoms with Gasteiger partial charge in [-0.15, -0.1) is 5.73 Å². The number of aliphatic hydroxyl groups is 1. The Morgan fingerprint density at radius 2 is 2.17 bits per heavy atom. The minimum absolute atomic E-state index is 0.0719. The van der Waals surface area contributed by atoms with Crippen LogP contribution < -0.4 is 5.73 Å². The molecule has 23 heavy (non-hydrogen) atoms. The van der Waals surface area contributed by atoms with Gasteiger partial charge in [-0.1, -0.05) is 55.9 Å². The molecule has 4 nitrogen and oxygen atoms in total. The molecule has 2 aliphatic carbocycles. The highest BCUT2D eigenvalue weighted by molar-refractivity contribution is 6.30. The molecular weight excluding hydrogens is 312 g/mol. The molecule has 0 radical (unpaired) electrons. The van der Waals surface area contributed by atoms with Crippen molar-refractivity contribution in [2.24, 2.45) is 17.6 Å². The van der Waals surface area contributed by atoms with Crippen LogP contribution >= 0.6 is 11.6 Å². The van der Waals surface area contributed by atoms with E-state index < -0.39 is 12.1 Å². The second-order valence-corrected chi connectivity index (χ2v) is 7.12. The lowest BCUT2D eigenvalue weighted by Gasteiger charge is -2.29. The number of carbonyl (C=O) groups excluding carboxylic acids is 1. The number of halogens is 1. The normalized spacial score (nSPS) is 24.2. The van der Waals surface area contributed by atoms with Gasteiger partial charge in [0.05, 0.1) is 5.03 Å². The summed E-state index contributed by atoms with van der Waals surface area (Å²) in [6.45, 7) is 0.419. The zero-order valence-corrected chi connectivity index (χ0v) is 14.5. The summed E-state index contributed by atoms with van der Waals surface area (Å²) in [7, 11) is 1.68. The quantitative estimate of drug-likeness (QED) is 0.731. The highest BCUT2D eigenvalue weighted by atomic mass is 35.5. The van der Waals surface area contributed by atoms with Gasteiger partial charge in [0.25, 0.3) is 5.91 Å². The van der Waals surface area contributed by atoms with E-state index in [4.69, 9.17) is 17.3 Å². The predicted molar refractivity (Wildman–Crippen MR) is 92.9 cm³/mol. The van der Waals surface area contributed by atoms with Crippen LogP contribution in [-0.2, 0) is 4.79 Å². The van der Waals surface area contributed by atoms with Crippen LogP contribution in [-0.4, -0.2) is 41.7 Å². The fraction of sp³-hybridized carbons (Fsp3) is 0.667. The van der Waals surface area contributed by atoms with Crippen molar-refractivity contribution in [3.63, 3.8) is 0 Å². The average molecular weight is 339 g/mol. The average Bonchev–Trinajstić information content (AvgIpc) is 2.56. The highest BCUT2D eigenvalue weighted by Crippen LogP contribution is 2.28. The zero-order valence-electron chi connectivity index (χ0n) is 13.7. The molecule has 0 bridgehead atoms. The lowest BCUT2D eigenvalue weighted by atomic mass is 9.84. The van der Waals surface area contributed by atoms with E-state index in [9.17, 15) is 9.90 Å². The molecule has 1 saturated carbocycles. The van der Waals surface area contributed by atoms with Gasteiger partial charge in [0.2, 0.25) is 0 Å². The van der Waals surface area contributed by atoms with Gasteiger partial charge in [0.15, 0.2) is 0 Å². The molecule has 5 heteroatoms. The molecule has 128 valence electrons. The fourth-order valence-corrected chi connectivity index (χ4v) is 3.59. The third kappa shape index (κ3) is 5.22. The summed E-state index contributed by atoms with van der Waals surface area (Å²) < 4.78 is 0. The van der Waals surface area contributed by atoms with Crippen LogP contribution in [0.4, 0.5) is 0 Å².